The van der Waals surface area contributed by atoms with Crippen LogP contribution in [0.2, 0.25) is 0 Å². The molecule has 6 heteroatoms. The highest BCUT2D eigenvalue weighted by molar-refractivity contribution is 7.80. The van der Waals surface area contributed by atoms with Gasteiger partial charge in [0.15, 0.2) is 16.6 Å². The average molecular weight is 370 g/mol. The van der Waals surface area contributed by atoms with Crippen molar-refractivity contribution in [1.29, 1.82) is 0 Å². The quantitative estimate of drug-likeness (QED) is 0.490. The molecule has 0 spiro atoms. The number of nitrogens with zero attached hydrogens (tertiary/aromatic N) is 1. The zero-order valence-electron chi connectivity index (χ0n) is 14.8. The summed E-state index contributed by atoms with van der Waals surface area (Å²) in [6.07, 6.45) is 12.5. The Morgan fingerprint density at radius 2 is 2.12 bits per heavy atom. The second-order valence-electron chi connectivity index (χ2n) is 6.36. The number of hydrogen-bond donors (Lipinski definition) is 1. The standard InChI is InChI=1S/C20H22N2O3S/c1-3-11-25-17-10-9-14(13-18(17)24-2)12-16-19(23)22(20(26)21-16)15-7-5-4-6-8-15/h1,9-10,12-13,15H,4-8,11H2,2H3,(H,21,26)/b16-12-. The Balaban J connectivity index is 1.80. The molecule has 136 valence electrons. The fraction of sp³-hybridized carbons (Fsp3) is 0.400. The number of amides is 1. The highest BCUT2D eigenvalue weighted by Crippen LogP contribution is 2.30. The predicted molar refractivity (Wildman–Crippen MR) is 105 cm³/mol. The van der Waals surface area contributed by atoms with Gasteiger partial charge in [0.25, 0.3) is 5.91 Å². The van der Waals surface area contributed by atoms with Gasteiger partial charge in [0.2, 0.25) is 0 Å². The minimum absolute atomic E-state index is 0.0616. The van der Waals surface area contributed by atoms with Crippen LogP contribution in [-0.2, 0) is 4.79 Å². The summed E-state index contributed by atoms with van der Waals surface area (Å²) in [6.45, 7) is 0.168. The minimum Gasteiger partial charge on any atom is -0.493 e. The minimum atomic E-state index is -0.0616. The number of carbonyl (C=O) groups excluding carboxylic acids is 1. The number of methoxy groups -OCH3 is 1. The topological polar surface area (TPSA) is 50.8 Å². The molecule has 26 heavy (non-hydrogen) atoms. The highest BCUT2D eigenvalue weighted by atomic mass is 32.1. The molecule has 5 nitrogen and oxygen atoms in total. The highest BCUT2D eigenvalue weighted by Gasteiger charge is 2.36. The van der Waals surface area contributed by atoms with Crippen molar-refractivity contribution in [3.8, 4) is 23.8 Å². The molecule has 0 atom stereocenters. The van der Waals surface area contributed by atoms with E-state index in [2.05, 4.69) is 11.2 Å². The zero-order chi connectivity index (χ0) is 18.5. The van der Waals surface area contributed by atoms with E-state index in [0.29, 0.717) is 22.3 Å². The van der Waals surface area contributed by atoms with Crippen LogP contribution < -0.4 is 14.8 Å². The SMILES string of the molecule is C#CCOc1ccc(/C=C2\NC(=S)N(C3CCCCC3)C2=O)cc1OC. The smallest absolute Gasteiger partial charge is 0.276 e. The summed E-state index contributed by atoms with van der Waals surface area (Å²) >= 11 is 5.40. The maximum Gasteiger partial charge on any atom is 0.276 e. The number of rotatable bonds is 5. The Labute approximate surface area is 159 Å². The molecule has 1 aliphatic heterocycles. The Morgan fingerprint density at radius 3 is 2.81 bits per heavy atom. The van der Waals surface area contributed by atoms with Crippen molar-refractivity contribution in [2.24, 2.45) is 0 Å². The third-order valence-corrected chi connectivity index (χ3v) is 4.96. The molecule has 2 aliphatic rings. The van der Waals surface area contributed by atoms with E-state index in [-0.39, 0.29) is 18.6 Å². The molecule has 1 N–H and O–H groups in total. The van der Waals surface area contributed by atoms with Gasteiger partial charge < -0.3 is 14.8 Å². The van der Waals surface area contributed by atoms with Crippen LogP contribution in [0.15, 0.2) is 23.9 Å². The van der Waals surface area contributed by atoms with Gasteiger partial charge in [-0.2, -0.15) is 0 Å². The molecule has 1 saturated carbocycles. The summed E-state index contributed by atoms with van der Waals surface area (Å²) in [5.74, 6) is 3.49. The molecule has 2 fully saturated rings. The molecule has 1 aromatic rings. The first-order chi connectivity index (χ1) is 12.6. The lowest BCUT2D eigenvalue weighted by atomic mass is 9.94. The molecule has 0 aromatic heterocycles. The number of ether oxygens (including phenoxy) is 2. The van der Waals surface area contributed by atoms with Gasteiger partial charge in [-0.25, -0.2) is 0 Å². The van der Waals surface area contributed by atoms with Crippen molar-refractivity contribution in [3.63, 3.8) is 0 Å². The van der Waals surface area contributed by atoms with Crippen molar-refractivity contribution < 1.29 is 14.3 Å². The van der Waals surface area contributed by atoms with Gasteiger partial charge >= 0.3 is 0 Å². The molecule has 3 rings (SSSR count). The predicted octanol–water partition coefficient (Wildman–Crippen LogP) is 3.10. The van der Waals surface area contributed by atoms with Crippen LogP contribution in [0.5, 0.6) is 11.5 Å². The van der Waals surface area contributed by atoms with Crippen molar-refractivity contribution in [3.05, 3.63) is 29.5 Å². The van der Waals surface area contributed by atoms with Crippen molar-refractivity contribution >= 4 is 29.3 Å². The molecule has 0 bridgehead atoms. The van der Waals surface area contributed by atoms with Crippen molar-refractivity contribution in [1.82, 2.24) is 10.2 Å². The fourth-order valence-corrected chi connectivity index (χ4v) is 3.74. The third-order valence-electron chi connectivity index (χ3n) is 4.66. The lowest BCUT2D eigenvalue weighted by Crippen LogP contribution is -2.41. The normalized spacial score (nSPS) is 19.4. The van der Waals surface area contributed by atoms with Crippen LogP contribution in [0.25, 0.3) is 6.08 Å². The van der Waals surface area contributed by atoms with Crippen LogP contribution >= 0.6 is 12.2 Å². The van der Waals surface area contributed by atoms with Crippen LogP contribution in [0.3, 0.4) is 0 Å². The number of terminal acetylenes is 1. The largest absolute Gasteiger partial charge is 0.493 e. The summed E-state index contributed by atoms with van der Waals surface area (Å²) in [4.78, 5) is 14.5. The molecule has 0 radical (unpaired) electrons. The molecule has 1 aromatic carbocycles. The molecule has 1 amide bonds. The Kier molecular flexibility index (Phi) is 5.79. The van der Waals surface area contributed by atoms with Crippen LogP contribution in [-0.4, -0.2) is 35.7 Å². The molecular formula is C20H22N2O3S. The van der Waals surface area contributed by atoms with Gasteiger partial charge in [-0.3, -0.25) is 9.69 Å². The van der Waals surface area contributed by atoms with Crippen molar-refractivity contribution in [2.75, 3.05) is 13.7 Å². The molecule has 0 unspecified atom stereocenters. The second kappa shape index (κ2) is 8.24. The van der Waals surface area contributed by atoms with Gasteiger partial charge in [0.05, 0.1) is 7.11 Å². The summed E-state index contributed by atoms with van der Waals surface area (Å²) in [6, 6.07) is 5.64. The number of nitrogens with one attached hydrogen (secondary N) is 1. The van der Waals surface area contributed by atoms with E-state index in [1.807, 2.05) is 6.07 Å². The summed E-state index contributed by atoms with van der Waals surface area (Å²) in [5, 5.41) is 3.55. The van der Waals surface area contributed by atoms with E-state index in [9.17, 15) is 4.79 Å². The average Bonchev–Trinajstić information content (AvgIpc) is 2.94. The third kappa shape index (κ3) is 3.83. The summed E-state index contributed by atoms with van der Waals surface area (Å²) < 4.78 is 10.8. The first-order valence-electron chi connectivity index (χ1n) is 8.74. The number of thiocarbonyl (C=S) groups is 1. The van der Waals surface area contributed by atoms with Gasteiger partial charge in [-0.15, -0.1) is 6.42 Å². The van der Waals surface area contributed by atoms with E-state index in [1.165, 1.54) is 6.42 Å². The molecular weight excluding hydrogens is 348 g/mol. The first-order valence-corrected chi connectivity index (χ1v) is 9.15. The number of benzene rings is 1. The van der Waals surface area contributed by atoms with Crippen molar-refractivity contribution in [2.45, 2.75) is 38.1 Å². The molecule has 1 aliphatic carbocycles. The number of hydrogen-bond acceptors (Lipinski definition) is 4. The Bertz CT molecular complexity index is 776. The van der Waals surface area contributed by atoms with E-state index < -0.39 is 0 Å². The van der Waals surface area contributed by atoms with Gasteiger partial charge in [0.1, 0.15) is 12.3 Å². The monoisotopic (exact) mass is 370 g/mol. The van der Waals surface area contributed by atoms with E-state index in [1.54, 1.807) is 30.2 Å². The van der Waals surface area contributed by atoms with Crippen LogP contribution in [0.1, 0.15) is 37.7 Å². The summed E-state index contributed by atoms with van der Waals surface area (Å²) in [5.41, 5.74) is 1.30. The Morgan fingerprint density at radius 1 is 1.35 bits per heavy atom. The van der Waals surface area contributed by atoms with E-state index >= 15 is 0 Å². The van der Waals surface area contributed by atoms with Gasteiger partial charge in [-0.05, 0) is 48.8 Å². The molecule has 1 heterocycles. The fourth-order valence-electron chi connectivity index (χ4n) is 3.40. The van der Waals surface area contributed by atoms with Crippen LogP contribution in [0, 0.1) is 12.3 Å². The lowest BCUT2D eigenvalue weighted by molar-refractivity contribution is -0.124. The van der Waals surface area contributed by atoms with E-state index in [0.717, 1.165) is 31.2 Å². The number of carbonyl (C=O) groups is 1. The second-order valence-corrected chi connectivity index (χ2v) is 6.74. The Hall–Kier alpha value is -2.52. The lowest BCUT2D eigenvalue weighted by Gasteiger charge is -2.29. The summed E-state index contributed by atoms with van der Waals surface area (Å²) in [7, 11) is 1.56. The van der Waals surface area contributed by atoms with Gasteiger partial charge in [0, 0.05) is 6.04 Å². The van der Waals surface area contributed by atoms with Gasteiger partial charge in [-0.1, -0.05) is 31.2 Å². The van der Waals surface area contributed by atoms with Crippen LogP contribution in [0.4, 0.5) is 0 Å². The first kappa shape index (κ1) is 18.3. The zero-order valence-corrected chi connectivity index (χ0v) is 15.6. The maximum absolute atomic E-state index is 12.8. The van der Waals surface area contributed by atoms with E-state index in [4.69, 9.17) is 28.1 Å². The maximum atomic E-state index is 12.8. The molecule has 1 saturated heterocycles.